The van der Waals surface area contributed by atoms with Crippen molar-refractivity contribution in [3.05, 3.63) is 23.7 Å². The lowest BCUT2D eigenvalue weighted by Crippen LogP contribution is -2.37. The summed E-state index contributed by atoms with van der Waals surface area (Å²) in [5, 5.41) is 2.76. The first-order chi connectivity index (χ1) is 8.09. The molecule has 3 N–H and O–H groups in total. The number of hydrogen-bond donors (Lipinski definition) is 2. The van der Waals surface area contributed by atoms with E-state index in [4.69, 9.17) is 10.5 Å². The predicted octanol–water partition coefficient (Wildman–Crippen LogP) is 0.152. The summed E-state index contributed by atoms with van der Waals surface area (Å²) in [7, 11) is 1.56. The van der Waals surface area contributed by atoms with Crippen molar-refractivity contribution < 1.29 is 9.53 Å². The number of nitrogens with zero attached hydrogens (tertiary/aromatic N) is 1. The largest absolute Gasteiger partial charge is 0.495 e. The minimum absolute atomic E-state index is 0.0814. The van der Waals surface area contributed by atoms with Crippen molar-refractivity contribution in [2.75, 3.05) is 7.11 Å². The third-order valence-corrected chi connectivity index (χ3v) is 3.84. The van der Waals surface area contributed by atoms with Crippen molar-refractivity contribution in [1.29, 1.82) is 0 Å². The van der Waals surface area contributed by atoms with E-state index in [0.717, 1.165) is 0 Å². The summed E-state index contributed by atoms with van der Waals surface area (Å²) in [6, 6.07) is 0. The van der Waals surface area contributed by atoms with Gasteiger partial charge in [0.2, 0.25) is 5.91 Å². The molecule has 17 heavy (non-hydrogen) atoms. The van der Waals surface area contributed by atoms with Crippen LogP contribution in [0.25, 0.3) is 0 Å². The molecule has 0 aromatic carbocycles. The Morgan fingerprint density at radius 2 is 2.29 bits per heavy atom. The quantitative estimate of drug-likeness (QED) is 0.681. The maximum atomic E-state index is 11.7. The summed E-state index contributed by atoms with van der Waals surface area (Å²) in [4.78, 5) is 15.9. The summed E-state index contributed by atoms with van der Waals surface area (Å²) < 4.78 is 5.34. The van der Waals surface area contributed by atoms with Crippen molar-refractivity contribution in [3.8, 4) is 0 Å². The smallest absolute Gasteiger partial charge is 0.236 e. The number of hydrogen-bond acceptors (Lipinski definition) is 4. The topological polar surface area (TPSA) is 76.7 Å². The molecule has 1 saturated carbocycles. The van der Waals surface area contributed by atoms with E-state index >= 15 is 0 Å². The molecule has 3 atom stereocenters. The second kappa shape index (κ2) is 3.20. The maximum Gasteiger partial charge on any atom is 0.236 e. The Bertz CT molecular complexity index is 474. The Kier molecular flexibility index (Phi) is 1.98. The molecule has 0 bridgehead atoms. The van der Waals surface area contributed by atoms with Gasteiger partial charge in [0.25, 0.3) is 0 Å². The van der Waals surface area contributed by atoms with Gasteiger partial charge < -0.3 is 15.8 Å². The molecular weight excluding hydrogens is 218 g/mol. The first-order valence-corrected chi connectivity index (χ1v) is 5.70. The Balaban J connectivity index is 1.86. The highest BCUT2D eigenvalue weighted by Crippen LogP contribution is 2.54. The van der Waals surface area contributed by atoms with Gasteiger partial charge in [-0.3, -0.25) is 4.79 Å². The Morgan fingerprint density at radius 1 is 1.59 bits per heavy atom. The molecule has 5 nitrogen and oxygen atoms in total. The van der Waals surface area contributed by atoms with Crippen molar-refractivity contribution in [2.45, 2.75) is 12.5 Å². The number of methoxy groups -OCH3 is 1. The first-order valence-electron chi connectivity index (χ1n) is 5.70. The first kappa shape index (κ1) is 10.5. The molecular formula is C12H15N3O2. The molecule has 0 radical (unpaired) electrons. The van der Waals surface area contributed by atoms with Crippen LogP contribution in [0, 0.1) is 17.8 Å². The Labute approximate surface area is 99.4 Å². The van der Waals surface area contributed by atoms with Gasteiger partial charge >= 0.3 is 0 Å². The fourth-order valence-electron chi connectivity index (χ4n) is 2.44. The lowest BCUT2D eigenvalue weighted by Gasteiger charge is -2.21. The van der Waals surface area contributed by atoms with Crippen LogP contribution in [0.4, 0.5) is 0 Å². The summed E-state index contributed by atoms with van der Waals surface area (Å²) in [5.74, 6) is 1.38. The van der Waals surface area contributed by atoms with Gasteiger partial charge in [0.1, 0.15) is 0 Å². The zero-order valence-electron chi connectivity index (χ0n) is 9.81. The normalized spacial score (nSPS) is 37.8. The number of ether oxygens (including phenoxy) is 1. The maximum absolute atomic E-state index is 11.7. The lowest BCUT2D eigenvalue weighted by atomic mass is 10.1. The van der Waals surface area contributed by atoms with Crippen molar-refractivity contribution >= 4 is 12.1 Å². The third kappa shape index (κ3) is 1.35. The highest BCUT2D eigenvalue weighted by atomic mass is 16.5. The minimum Gasteiger partial charge on any atom is -0.495 e. The molecule has 5 heteroatoms. The number of carbonyl (C=O) groups excluding carboxylic acids is 1. The highest BCUT2D eigenvalue weighted by Gasteiger charge is 2.64. The zero-order chi connectivity index (χ0) is 12.2. The number of carbonyl (C=O) groups is 1. The molecule has 0 aromatic heterocycles. The average molecular weight is 233 g/mol. The molecule has 1 heterocycles. The SMILES string of the molecule is COC1=C(NC(=O)C2C=C2)N=CC2C(C)C12N. The van der Waals surface area contributed by atoms with Gasteiger partial charge in [-0.2, -0.15) is 0 Å². The van der Waals surface area contributed by atoms with Crippen LogP contribution in [0.15, 0.2) is 28.7 Å². The van der Waals surface area contributed by atoms with Crippen LogP contribution in [0.1, 0.15) is 6.92 Å². The van der Waals surface area contributed by atoms with E-state index in [1.165, 1.54) is 0 Å². The predicted molar refractivity (Wildman–Crippen MR) is 62.9 cm³/mol. The molecule has 2 aliphatic carbocycles. The van der Waals surface area contributed by atoms with Crippen LogP contribution < -0.4 is 11.1 Å². The number of aliphatic imine (C=N–C) groups is 1. The summed E-state index contributed by atoms with van der Waals surface area (Å²) in [6.07, 6.45) is 5.47. The van der Waals surface area contributed by atoms with E-state index in [-0.39, 0.29) is 17.7 Å². The van der Waals surface area contributed by atoms with E-state index < -0.39 is 5.54 Å². The summed E-state index contributed by atoms with van der Waals surface area (Å²) >= 11 is 0. The van der Waals surface area contributed by atoms with Gasteiger partial charge in [0, 0.05) is 12.1 Å². The molecule has 0 aromatic rings. The molecule has 1 fully saturated rings. The van der Waals surface area contributed by atoms with Crippen molar-refractivity contribution in [2.24, 2.45) is 28.5 Å². The van der Waals surface area contributed by atoms with E-state index in [1.807, 2.05) is 18.4 Å². The van der Waals surface area contributed by atoms with Gasteiger partial charge in [-0.15, -0.1) is 0 Å². The molecule has 3 rings (SSSR count). The van der Waals surface area contributed by atoms with E-state index in [2.05, 4.69) is 17.2 Å². The van der Waals surface area contributed by atoms with Crippen LogP contribution >= 0.6 is 0 Å². The van der Waals surface area contributed by atoms with E-state index in [0.29, 0.717) is 17.5 Å². The third-order valence-electron chi connectivity index (χ3n) is 3.84. The lowest BCUT2D eigenvalue weighted by molar-refractivity contribution is -0.121. The number of nitrogens with one attached hydrogen (secondary N) is 1. The molecule has 1 amide bonds. The summed E-state index contributed by atoms with van der Waals surface area (Å²) in [6.45, 7) is 2.06. The van der Waals surface area contributed by atoms with Gasteiger partial charge in [0.05, 0.1) is 18.6 Å². The fourth-order valence-corrected chi connectivity index (χ4v) is 2.44. The monoisotopic (exact) mass is 233 g/mol. The van der Waals surface area contributed by atoms with Crippen molar-refractivity contribution in [1.82, 2.24) is 5.32 Å². The molecule has 0 spiro atoms. The van der Waals surface area contributed by atoms with Gasteiger partial charge in [-0.1, -0.05) is 19.1 Å². The Morgan fingerprint density at radius 3 is 2.88 bits per heavy atom. The van der Waals surface area contributed by atoms with E-state index in [9.17, 15) is 4.79 Å². The van der Waals surface area contributed by atoms with Crippen LogP contribution in [0.3, 0.4) is 0 Å². The number of nitrogens with two attached hydrogens (primary N) is 1. The molecule has 1 aliphatic heterocycles. The highest BCUT2D eigenvalue weighted by molar-refractivity contribution is 5.88. The van der Waals surface area contributed by atoms with E-state index in [1.54, 1.807) is 7.11 Å². The van der Waals surface area contributed by atoms with Crippen molar-refractivity contribution in [3.63, 3.8) is 0 Å². The zero-order valence-corrected chi connectivity index (χ0v) is 9.81. The van der Waals surface area contributed by atoms with Gasteiger partial charge in [-0.25, -0.2) is 4.99 Å². The number of rotatable bonds is 3. The summed E-state index contributed by atoms with van der Waals surface area (Å²) in [5.41, 5.74) is 5.78. The molecule has 0 saturated heterocycles. The fraction of sp³-hybridized carbons (Fsp3) is 0.500. The molecule has 3 unspecified atom stereocenters. The second-order valence-electron chi connectivity index (χ2n) is 4.81. The second-order valence-corrected chi connectivity index (χ2v) is 4.81. The van der Waals surface area contributed by atoms with Crippen LogP contribution in [0.5, 0.6) is 0 Å². The number of amides is 1. The van der Waals surface area contributed by atoms with Crippen LogP contribution in [-0.2, 0) is 9.53 Å². The average Bonchev–Trinajstić information content (AvgIpc) is 3.18. The molecule has 3 aliphatic rings. The minimum atomic E-state index is -0.490. The standard InChI is InChI=1S/C12H15N3O2/c1-6-8-5-14-10(9(17-2)12(6,8)13)15-11(16)7-3-4-7/h3-8H,13H2,1-2H3,(H,15,16). The Hall–Kier alpha value is -1.62. The van der Waals surface area contributed by atoms with Crippen LogP contribution in [-0.4, -0.2) is 24.8 Å². The molecule has 90 valence electrons. The number of fused-ring (bicyclic) bond motifs is 1. The van der Waals surface area contributed by atoms with Gasteiger partial charge in [0.15, 0.2) is 11.6 Å². The van der Waals surface area contributed by atoms with Crippen LogP contribution in [0.2, 0.25) is 0 Å². The van der Waals surface area contributed by atoms with Gasteiger partial charge in [-0.05, 0) is 5.92 Å².